The number of nitrogens with zero attached hydrogens (tertiary/aromatic N) is 4. The smallest absolute Gasteiger partial charge is 0.354 e. The van der Waals surface area contributed by atoms with Crippen molar-refractivity contribution in [2.45, 2.75) is 12.8 Å². The highest BCUT2D eigenvalue weighted by molar-refractivity contribution is 5.96. The third kappa shape index (κ3) is 4.49. The summed E-state index contributed by atoms with van der Waals surface area (Å²) in [7, 11) is 1.76. The van der Waals surface area contributed by atoms with Crippen LogP contribution < -0.4 is 5.32 Å². The first-order valence-corrected chi connectivity index (χ1v) is 8.69. The lowest BCUT2D eigenvalue weighted by Gasteiger charge is -2.32. The van der Waals surface area contributed by atoms with Gasteiger partial charge in [-0.15, -0.1) is 0 Å². The molecule has 9 nitrogen and oxygen atoms in total. The summed E-state index contributed by atoms with van der Waals surface area (Å²) < 4.78 is 1.58. The predicted molar refractivity (Wildman–Crippen MR) is 95.4 cm³/mol. The van der Waals surface area contributed by atoms with Crippen LogP contribution in [-0.4, -0.2) is 62.2 Å². The number of aryl methyl sites for hydroxylation is 1. The van der Waals surface area contributed by atoms with E-state index in [9.17, 15) is 14.4 Å². The minimum absolute atomic E-state index is 0.145. The first-order chi connectivity index (χ1) is 12.9. The highest BCUT2D eigenvalue weighted by Gasteiger charge is 2.24. The Morgan fingerprint density at radius 2 is 2.00 bits per heavy atom. The zero-order valence-electron chi connectivity index (χ0n) is 15.0. The van der Waals surface area contributed by atoms with Crippen LogP contribution in [0.4, 0.5) is 0 Å². The highest BCUT2D eigenvalue weighted by Crippen LogP contribution is 2.19. The van der Waals surface area contributed by atoms with Crippen LogP contribution in [0.25, 0.3) is 0 Å². The number of carbonyl (C=O) groups is 3. The number of carbonyl (C=O) groups excluding carboxylic acids is 2. The topological polar surface area (TPSA) is 117 Å². The average Bonchev–Trinajstić information content (AvgIpc) is 3.12. The molecule has 0 unspecified atom stereocenters. The Morgan fingerprint density at radius 3 is 2.63 bits per heavy atom. The maximum absolute atomic E-state index is 12.6. The van der Waals surface area contributed by atoms with Gasteiger partial charge < -0.3 is 15.3 Å². The van der Waals surface area contributed by atoms with Crippen molar-refractivity contribution in [3.63, 3.8) is 0 Å². The molecule has 2 aromatic rings. The van der Waals surface area contributed by atoms with Gasteiger partial charge in [0.05, 0.1) is 11.8 Å². The van der Waals surface area contributed by atoms with Crippen molar-refractivity contribution in [3.05, 3.63) is 47.5 Å². The van der Waals surface area contributed by atoms with Gasteiger partial charge in [-0.1, -0.05) is 0 Å². The van der Waals surface area contributed by atoms with Gasteiger partial charge in [-0.25, -0.2) is 9.78 Å². The second-order valence-electron chi connectivity index (χ2n) is 6.58. The van der Waals surface area contributed by atoms with E-state index in [0.29, 0.717) is 36.7 Å². The molecule has 0 aliphatic carbocycles. The predicted octanol–water partition coefficient (Wildman–Crippen LogP) is 0.795. The quantitative estimate of drug-likeness (QED) is 0.803. The zero-order valence-corrected chi connectivity index (χ0v) is 15.0. The highest BCUT2D eigenvalue weighted by atomic mass is 16.4. The van der Waals surface area contributed by atoms with Crippen LogP contribution in [0.5, 0.6) is 0 Å². The second kappa shape index (κ2) is 7.98. The summed E-state index contributed by atoms with van der Waals surface area (Å²) in [5, 5.41) is 15.9. The number of carboxylic acid groups (broad SMARTS) is 1. The fraction of sp³-hybridized carbons (Fsp3) is 0.389. The Balaban J connectivity index is 1.50. The van der Waals surface area contributed by atoms with Gasteiger partial charge in [0.15, 0.2) is 0 Å². The van der Waals surface area contributed by atoms with Crippen LogP contribution in [0.2, 0.25) is 0 Å². The SMILES string of the molecule is Cn1cc(C(=O)NCC2CCN(C(=O)c3ccnc(C(=O)O)c3)CC2)cn1. The number of amides is 2. The lowest BCUT2D eigenvalue weighted by atomic mass is 9.96. The van der Waals surface area contributed by atoms with Crippen molar-refractivity contribution < 1.29 is 19.5 Å². The molecule has 1 fully saturated rings. The molecule has 0 radical (unpaired) electrons. The van der Waals surface area contributed by atoms with E-state index in [0.717, 1.165) is 12.8 Å². The summed E-state index contributed by atoms with van der Waals surface area (Å²) in [6.07, 6.45) is 6.07. The summed E-state index contributed by atoms with van der Waals surface area (Å²) in [4.78, 5) is 41.1. The van der Waals surface area contributed by atoms with Gasteiger partial charge in [-0.2, -0.15) is 5.10 Å². The number of hydrogen-bond donors (Lipinski definition) is 2. The van der Waals surface area contributed by atoms with E-state index in [1.165, 1.54) is 24.5 Å². The Morgan fingerprint density at radius 1 is 1.26 bits per heavy atom. The third-order valence-corrected chi connectivity index (χ3v) is 4.65. The number of nitrogens with one attached hydrogen (secondary N) is 1. The molecule has 2 amide bonds. The minimum Gasteiger partial charge on any atom is -0.477 e. The summed E-state index contributed by atoms with van der Waals surface area (Å²) in [5.74, 6) is -1.22. The molecule has 0 bridgehead atoms. The van der Waals surface area contributed by atoms with E-state index in [1.54, 1.807) is 22.8 Å². The van der Waals surface area contributed by atoms with Gasteiger partial charge in [0.25, 0.3) is 11.8 Å². The van der Waals surface area contributed by atoms with E-state index in [4.69, 9.17) is 5.11 Å². The Hall–Kier alpha value is -3.23. The lowest BCUT2D eigenvalue weighted by Crippen LogP contribution is -2.41. The molecule has 1 saturated heterocycles. The molecule has 3 heterocycles. The standard InChI is InChI=1S/C18H21N5O4/c1-22-11-14(10-21-22)16(24)20-9-12-3-6-23(7-4-12)17(25)13-2-5-19-15(8-13)18(26)27/h2,5,8,10-12H,3-4,6-7,9H2,1H3,(H,20,24)(H,26,27). The number of pyridine rings is 1. The van der Waals surface area contributed by atoms with E-state index in [-0.39, 0.29) is 17.5 Å². The van der Waals surface area contributed by atoms with Crippen LogP contribution >= 0.6 is 0 Å². The Kier molecular flexibility index (Phi) is 5.49. The first kappa shape index (κ1) is 18.6. The van der Waals surface area contributed by atoms with Gasteiger partial charge in [0.1, 0.15) is 5.69 Å². The van der Waals surface area contributed by atoms with Gasteiger partial charge in [-0.05, 0) is 30.9 Å². The molecule has 2 N–H and O–H groups in total. The first-order valence-electron chi connectivity index (χ1n) is 8.69. The van der Waals surface area contributed by atoms with Crippen LogP contribution in [-0.2, 0) is 7.05 Å². The van der Waals surface area contributed by atoms with Crippen molar-refractivity contribution in [1.29, 1.82) is 0 Å². The Bertz CT molecular complexity index is 855. The average molecular weight is 371 g/mol. The number of piperidine rings is 1. The second-order valence-corrected chi connectivity index (χ2v) is 6.58. The lowest BCUT2D eigenvalue weighted by molar-refractivity contribution is 0.0683. The van der Waals surface area contributed by atoms with Gasteiger partial charge in [-0.3, -0.25) is 14.3 Å². The number of hydrogen-bond acceptors (Lipinski definition) is 5. The Labute approximate surface area is 156 Å². The number of carboxylic acids is 1. The molecule has 0 saturated carbocycles. The molecule has 1 aliphatic rings. The number of aromatic carboxylic acids is 1. The van der Waals surface area contributed by atoms with Crippen molar-refractivity contribution in [2.75, 3.05) is 19.6 Å². The molecule has 142 valence electrons. The van der Waals surface area contributed by atoms with E-state index < -0.39 is 5.97 Å². The summed E-state index contributed by atoms with van der Waals surface area (Å²) in [5.41, 5.74) is 0.705. The number of likely N-dealkylation sites (tertiary alicyclic amines) is 1. The summed E-state index contributed by atoms with van der Waals surface area (Å²) in [6, 6.07) is 2.82. The monoisotopic (exact) mass is 371 g/mol. The third-order valence-electron chi connectivity index (χ3n) is 4.65. The molecule has 2 aromatic heterocycles. The zero-order chi connectivity index (χ0) is 19.4. The fourth-order valence-corrected chi connectivity index (χ4v) is 3.08. The molecular formula is C18H21N5O4. The van der Waals surface area contributed by atoms with E-state index in [1.807, 2.05) is 0 Å². The van der Waals surface area contributed by atoms with Crippen LogP contribution in [0.15, 0.2) is 30.7 Å². The number of rotatable bonds is 5. The van der Waals surface area contributed by atoms with Gasteiger partial charge in [0, 0.05) is 44.6 Å². The van der Waals surface area contributed by atoms with Crippen molar-refractivity contribution in [3.8, 4) is 0 Å². The largest absolute Gasteiger partial charge is 0.477 e. The number of aromatic nitrogens is 3. The molecule has 0 spiro atoms. The van der Waals surface area contributed by atoms with Crippen molar-refractivity contribution in [1.82, 2.24) is 25.0 Å². The van der Waals surface area contributed by atoms with Crippen LogP contribution in [0.3, 0.4) is 0 Å². The fourth-order valence-electron chi connectivity index (χ4n) is 3.08. The van der Waals surface area contributed by atoms with E-state index >= 15 is 0 Å². The molecule has 1 aliphatic heterocycles. The van der Waals surface area contributed by atoms with Gasteiger partial charge in [0.2, 0.25) is 0 Å². The molecular weight excluding hydrogens is 350 g/mol. The van der Waals surface area contributed by atoms with E-state index in [2.05, 4.69) is 15.4 Å². The molecule has 27 heavy (non-hydrogen) atoms. The van der Waals surface area contributed by atoms with Crippen molar-refractivity contribution in [2.24, 2.45) is 13.0 Å². The summed E-state index contributed by atoms with van der Waals surface area (Å²) in [6.45, 7) is 1.68. The van der Waals surface area contributed by atoms with Crippen LogP contribution in [0.1, 0.15) is 44.0 Å². The van der Waals surface area contributed by atoms with Crippen LogP contribution in [0, 0.1) is 5.92 Å². The maximum Gasteiger partial charge on any atom is 0.354 e. The maximum atomic E-state index is 12.6. The molecule has 0 atom stereocenters. The minimum atomic E-state index is -1.16. The van der Waals surface area contributed by atoms with Gasteiger partial charge >= 0.3 is 5.97 Å². The molecule has 3 rings (SSSR count). The molecule has 9 heteroatoms. The normalized spacial score (nSPS) is 14.8. The molecule has 0 aromatic carbocycles. The summed E-state index contributed by atoms with van der Waals surface area (Å²) >= 11 is 0. The van der Waals surface area contributed by atoms with Crippen molar-refractivity contribution >= 4 is 17.8 Å².